The van der Waals surface area contributed by atoms with Crippen molar-refractivity contribution >= 4 is 11.8 Å². The van der Waals surface area contributed by atoms with Crippen LogP contribution in [0.4, 0.5) is 0 Å². The number of ether oxygens (including phenoxy) is 5. The third-order valence-corrected chi connectivity index (χ3v) is 15.6. The van der Waals surface area contributed by atoms with E-state index >= 15 is 0 Å². The molecule has 43 heavy (non-hydrogen) atoms. The third-order valence-electron chi connectivity index (χ3n) is 15.6. The van der Waals surface area contributed by atoms with Gasteiger partial charge in [0.2, 0.25) is 5.79 Å². The van der Waals surface area contributed by atoms with Crippen molar-refractivity contribution in [2.45, 2.75) is 110 Å². The van der Waals surface area contributed by atoms with E-state index in [1.54, 1.807) is 14.0 Å². The second kappa shape index (κ2) is 8.06. The van der Waals surface area contributed by atoms with Crippen LogP contribution in [0.25, 0.3) is 0 Å². The lowest BCUT2D eigenvalue weighted by molar-refractivity contribution is -0.235. The van der Waals surface area contributed by atoms with Crippen LogP contribution >= 0.6 is 0 Å². The Morgan fingerprint density at radius 3 is 2.33 bits per heavy atom. The van der Waals surface area contributed by atoms with Gasteiger partial charge >= 0.3 is 5.97 Å². The van der Waals surface area contributed by atoms with Gasteiger partial charge < -0.3 is 33.9 Å². The van der Waals surface area contributed by atoms with Crippen LogP contribution in [0.3, 0.4) is 0 Å². The SMILES string of the molecule is C=C1O[C@@]23O[C@@H]2[C@@H](C)[C@H]2[C@@H]([C@H](OC)[C@H]4C5C(O)C(=O)[C@H]6C[C@@H]7O[C@@H]7[C@H](OC(C)=O)[C@]6(C)C5C(C)[C@H](C)[C@]24C)[C@@]3(C)[C@]1(C)O. The standard InChI is InChI=1S/C34H48O9/c1-12-14(3)30(6)21-13(2)28-34(43-28)32(8,33(9,38)15(4)42-34)23(21)27(39-10)22(30)19-20(12)31(7)17(24(36)25(19)37)11-18-26(41-18)29(31)40-16(5)35/h12-14,17-23,25-29,37-38H,4,11H2,1-3,5-10H3/t12?,13-,14-,17+,18-,19?,20?,21-,22+,23-,25?,26-,27+,28+,29-,30+,31-,32-,33+,34+/m0/s1. The number of methoxy groups -OCH3 is 1. The summed E-state index contributed by atoms with van der Waals surface area (Å²) in [5.41, 5.74) is -3.31. The molecule has 0 aromatic carbocycles. The molecule has 5 aliphatic carbocycles. The zero-order valence-electron chi connectivity index (χ0n) is 26.8. The van der Waals surface area contributed by atoms with Crippen LogP contribution in [0.2, 0.25) is 0 Å². The molecule has 8 aliphatic rings. The van der Waals surface area contributed by atoms with Gasteiger partial charge in [-0.2, -0.15) is 0 Å². The highest BCUT2D eigenvalue weighted by molar-refractivity contribution is 5.88. The minimum absolute atomic E-state index is 0.0621. The average molecular weight is 601 g/mol. The summed E-state index contributed by atoms with van der Waals surface area (Å²) in [6.45, 7) is 20.6. The number of ketones is 1. The fourth-order valence-electron chi connectivity index (χ4n) is 13.5. The van der Waals surface area contributed by atoms with E-state index in [1.807, 2.05) is 0 Å². The number of carbonyl (C=O) groups is 2. The lowest BCUT2D eigenvalue weighted by Gasteiger charge is -2.66. The highest BCUT2D eigenvalue weighted by Gasteiger charge is 2.91. The number of aliphatic hydroxyl groups is 2. The summed E-state index contributed by atoms with van der Waals surface area (Å²) in [5, 5.41) is 24.3. The van der Waals surface area contributed by atoms with Crippen molar-refractivity contribution in [3.8, 4) is 0 Å². The molecule has 8 fully saturated rings. The molecule has 2 N–H and O–H groups in total. The van der Waals surface area contributed by atoms with Gasteiger partial charge in [0, 0.05) is 37.2 Å². The number of fused-ring (bicyclic) bond motifs is 9. The fourth-order valence-corrected chi connectivity index (χ4v) is 13.5. The van der Waals surface area contributed by atoms with Crippen molar-refractivity contribution in [1.29, 1.82) is 0 Å². The molecule has 0 bridgehead atoms. The van der Waals surface area contributed by atoms with Gasteiger partial charge in [-0.1, -0.05) is 41.2 Å². The van der Waals surface area contributed by atoms with Gasteiger partial charge in [0.25, 0.3) is 0 Å². The second-order valence-electron chi connectivity index (χ2n) is 16.4. The Morgan fingerprint density at radius 1 is 1.02 bits per heavy atom. The van der Waals surface area contributed by atoms with Gasteiger partial charge in [-0.3, -0.25) is 9.59 Å². The molecule has 0 aromatic heterocycles. The zero-order chi connectivity index (χ0) is 31.1. The molecule has 3 saturated heterocycles. The summed E-state index contributed by atoms with van der Waals surface area (Å²) >= 11 is 0. The maximum atomic E-state index is 14.3. The van der Waals surface area contributed by atoms with Crippen molar-refractivity contribution in [1.82, 2.24) is 0 Å². The number of esters is 1. The van der Waals surface area contributed by atoms with Crippen LogP contribution in [0.5, 0.6) is 0 Å². The lowest BCUT2D eigenvalue weighted by atomic mass is 9.38. The molecule has 9 heteroatoms. The van der Waals surface area contributed by atoms with Crippen molar-refractivity contribution in [3.05, 3.63) is 12.3 Å². The molecule has 3 heterocycles. The largest absolute Gasteiger partial charge is 0.461 e. The van der Waals surface area contributed by atoms with E-state index in [0.29, 0.717) is 12.2 Å². The van der Waals surface area contributed by atoms with E-state index in [4.69, 9.17) is 23.7 Å². The van der Waals surface area contributed by atoms with Crippen LogP contribution in [0.1, 0.15) is 61.8 Å². The summed E-state index contributed by atoms with van der Waals surface area (Å²) in [6, 6.07) is 0. The number of hydrogen-bond donors (Lipinski definition) is 2. The molecular formula is C34H48O9. The van der Waals surface area contributed by atoms with Crippen molar-refractivity contribution in [2.75, 3.05) is 7.11 Å². The molecular weight excluding hydrogens is 552 g/mol. The maximum absolute atomic E-state index is 14.3. The molecule has 9 nitrogen and oxygen atoms in total. The zero-order valence-corrected chi connectivity index (χ0v) is 26.8. The Hall–Kier alpha value is -1.52. The number of epoxide rings is 2. The molecule has 8 rings (SSSR count). The Morgan fingerprint density at radius 2 is 1.70 bits per heavy atom. The van der Waals surface area contributed by atoms with E-state index in [-0.39, 0.29) is 76.9 Å². The van der Waals surface area contributed by atoms with Crippen LogP contribution in [-0.2, 0) is 33.3 Å². The van der Waals surface area contributed by atoms with Gasteiger partial charge in [-0.25, -0.2) is 0 Å². The van der Waals surface area contributed by atoms with Crippen LogP contribution < -0.4 is 0 Å². The second-order valence-corrected chi connectivity index (χ2v) is 16.4. The minimum atomic E-state index is -1.38. The highest BCUT2D eigenvalue weighted by Crippen LogP contribution is 2.82. The summed E-state index contributed by atoms with van der Waals surface area (Å²) in [4.78, 5) is 26.8. The number of aliphatic hydroxyl groups excluding tert-OH is 1. The molecule has 0 amide bonds. The smallest absolute Gasteiger partial charge is 0.303 e. The van der Waals surface area contributed by atoms with Crippen LogP contribution in [-0.4, -0.2) is 77.1 Å². The van der Waals surface area contributed by atoms with E-state index < -0.39 is 52.4 Å². The summed E-state index contributed by atoms with van der Waals surface area (Å²) in [5.74, 6) is -2.22. The Kier molecular flexibility index (Phi) is 5.42. The minimum Gasteiger partial charge on any atom is -0.461 e. The first-order chi connectivity index (χ1) is 20.0. The normalized spacial score (nSPS) is 65.5. The summed E-state index contributed by atoms with van der Waals surface area (Å²) in [6.07, 6.45) is -2.14. The number of Topliss-reactive ketones (excluding diaryl/α,β-unsaturated/α-hetero) is 1. The van der Waals surface area contributed by atoms with Crippen molar-refractivity contribution < 1.29 is 43.5 Å². The monoisotopic (exact) mass is 600 g/mol. The van der Waals surface area contributed by atoms with E-state index in [9.17, 15) is 19.8 Å². The van der Waals surface area contributed by atoms with Crippen LogP contribution in [0, 0.1) is 69.5 Å². The van der Waals surface area contributed by atoms with Crippen LogP contribution in [0.15, 0.2) is 12.3 Å². The third kappa shape index (κ3) is 2.79. The average Bonchev–Trinajstić information content (AvgIpc) is 3.84. The van der Waals surface area contributed by atoms with Gasteiger partial charge in [0.1, 0.15) is 35.8 Å². The first kappa shape index (κ1) is 28.9. The van der Waals surface area contributed by atoms with E-state index in [0.717, 1.165) is 0 Å². The van der Waals surface area contributed by atoms with Gasteiger partial charge in [-0.05, 0) is 61.2 Å². The lowest BCUT2D eigenvalue weighted by Crippen LogP contribution is -2.70. The van der Waals surface area contributed by atoms with Crippen molar-refractivity contribution in [2.24, 2.45) is 69.5 Å². The number of rotatable bonds is 2. The first-order valence-corrected chi connectivity index (χ1v) is 16.3. The van der Waals surface area contributed by atoms with Crippen molar-refractivity contribution in [3.63, 3.8) is 0 Å². The molecule has 0 radical (unpaired) electrons. The molecule has 1 spiro atoms. The molecule has 5 saturated carbocycles. The Bertz CT molecular complexity index is 1330. The number of carbonyl (C=O) groups excluding carboxylic acids is 2. The predicted molar refractivity (Wildman–Crippen MR) is 152 cm³/mol. The number of hydrogen-bond acceptors (Lipinski definition) is 9. The molecule has 238 valence electrons. The quantitative estimate of drug-likeness (QED) is 0.363. The highest BCUT2D eigenvalue weighted by atomic mass is 16.8. The first-order valence-electron chi connectivity index (χ1n) is 16.3. The maximum Gasteiger partial charge on any atom is 0.303 e. The van der Waals surface area contributed by atoms with Gasteiger partial charge in [-0.15, -0.1) is 0 Å². The van der Waals surface area contributed by atoms with Gasteiger partial charge in [0.15, 0.2) is 5.78 Å². The predicted octanol–water partition coefficient (Wildman–Crippen LogP) is 3.10. The summed E-state index contributed by atoms with van der Waals surface area (Å²) in [7, 11) is 1.72. The topological polar surface area (TPSA) is 127 Å². The molecule has 0 aromatic rings. The fraction of sp³-hybridized carbons (Fsp3) is 0.882. The molecule has 4 unspecified atom stereocenters. The summed E-state index contributed by atoms with van der Waals surface area (Å²) < 4.78 is 31.5. The van der Waals surface area contributed by atoms with Gasteiger partial charge in [0.05, 0.1) is 17.6 Å². The Balaban J connectivity index is 1.33. The molecule has 3 aliphatic heterocycles. The molecule has 20 atom stereocenters. The van der Waals surface area contributed by atoms with E-state index in [2.05, 4.69) is 48.1 Å². The Labute approximate surface area is 254 Å². The van der Waals surface area contributed by atoms with E-state index in [1.165, 1.54) is 6.92 Å².